The number of amides is 1. The van der Waals surface area contributed by atoms with Gasteiger partial charge in [-0.2, -0.15) is 0 Å². The summed E-state index contributed by atoms with van der Waals surface area (Å²) in [6.07, 6.45) is 2.91. The van der Waals surface area contributed by atoms with Crippen LogP contribution in [-0.4, -0.2) is 44.1 Å². The van der Waals surface area contributed by atoms with Crippen LogP contribution < -0.4 is 11.5 Å². The fraction of sp³-hybridized carbons (Fsp3) is 0.269. The second kappa shape index (κ2) is 9.63. The van der Waals surface area contributed by atoms with Gasteiger partial charge in [-0.15, -0.1) is 0 Å². The van der Waals surface area contributed by atoms with Gasteiger partial charge in [0.1, 0.15) is 17.0 Å². The molecule has 9 heteroatoms. The maximum atomic E-state index is 12.0. The summed E-state index contributed by atoms with van der Waals surface area (Å²) >= 11 is 0. The third-order valence-corrected chi connectivity index (χ3v) is 6.14. The number of fused-ring (bicyclic) bond motifs is 4. The van der Waals surface area contributed by atoms with Crippen LogP contribution in [0.15, 0.2) is 48.5 Å². The van der Waals surface area contributed by atoms with Crippen LogP contribution in [0.25, 0.3) is 33.0 Å². The Morgan fingerprint density at radius 2 is 1.63 bits per heavy atom. The molecular weight excluding hydrogens is 442 g/mol. The predicted octanol–water partition coefficient (Wildman–Crippen LogP) is 3.42. The van der Waals surface area contributed by atoms with Crippen LogP contribution in [0.1, 0.15) is 34.8 Å². The van der Waals surface area contributed by atoms with Crippen molar-refractivity contribution in [3.05, 3.63) is 65.7 Å². The first-order chi connectivity index (χ1) is 17.1. The number of unbranched alkanes of at least 4 members (excludes halogenated alkanes) is 1. The van der Waals surface area contributed by atoms with Gasteiger partial charge in [0.15, 0.2) is 5.82 Å². The van der Waals surface area contributed by atoms with Crippen LogP contribution in [0, 0.1) is 0 Å². The number of carbonyl (C=O) groups excluding carboxylic acids is 1. The normalized spacial score (nSPS) is 11.6. The van der Waals surface area contributed by atoms with E-state index in [1.54, 1.807) is 7.11 Å². The smallest absolute Gasteiger partial charge is 0.269 e. The molecule has 1 amide bonds. The number of methoxy groups -OCH3 is 1. The quantitative estimate of drug-likeness (QED) is 0.316. The molecule has 3 aromatic heterocycles. The van der Waals surface area contributed by atoms with E-state index in [1.807, 2.05) is 48.5 Å². The van der Waals surface area contributed by atoms with Crippen molar-refractivity contribution in [2.24, 2.45) is 5.73 Å². The minimum Gasteiger partial charge on any atom is -0.384 e. The molecule has 3 heterocycles. The molecule has 5 aromatic rings. The standard InChI is InChI=1S/C26H27N7O2/c1-35-15-13-21-32-23-24(16-8-2-3-9-17(16)31-25(23)27)33(21)14-7-6-12-20-22(26(28)34)30-19-11-5-4-10-18(19)29-20/h2-5,8-11H,6-7,12-15H2,1H3,(H2,27,31)(H2,28,34). The zero-order valence-electron chi connectivity index (χ0n) is 19.6. The van der Waals surface area contributed by atoms with E-state index in [4.69, 9.17) is 21.2 Å². The number of nitrogens with zero attached hydrogens (tertiary/aromatic N) is 5. The van der Waals surface area contributed by atoms with Gasteiger partial charge in [0.25, 0.3) is 5.91 Å². The van der Waals surface area contributed by atoms with Crippen molar-refractivity contribution in [2.45, 2.75) is 32.2 Å². The van der Waals surface area contributed by atoms with Crippen LogP contribution in [-0.2, 0) is 24.1 Å². The highest BCUT2D eigenvalue weighted by Crippen LogP contribution is 2.29. The highest BCUT2D eigenvalue weighted by molar-refractivity contribution is 6.06. The Balaban J connectivity index is 1.43. The van der Waals surface area contributed by atoms with Gasteiger partial charge in [0, 0.05) is 25.5 Å². The number of imidazole rings is 1. The van der Waals surface area contributed by atoms with Gasteiger partial charge in [-0.1, -0.05) is 30.3 Å². The Morgan fingerprint density at radius 1 is 0.914 bits per heavy atom. The van der Waals surface area contributed by atoms with Crippen molar-refractivity contribution in [3.63, 3.8) is 0 Å². The summed E-state index contributed by atoms with van der Waals surface area (Å²) in [7, 11) is 1.68. The summed E-state index contributed by atoms with van der Waals surface area (Å²) in [4.78, 5) is 30.5. The molecule has 0 bridgehead atoms. The van der Waals surface area contributed by atoms with Gasteiger partial charge < -0.3 is 20.8 Å². The minimum atomic E-state index is -0.560. The first-order valence-corrected chi connectivity index (χ1v) is 11.6. The molecule has 0 radical (unpaired) electrons. The van der Waals surface area contributed by atoms with Crippen LogP contribution in [0.5, 0.6) is 0 Å². The number of carbonyl (C=O) groups is 1. The summed E-state index contributed by atoms with van der Waals surface area (Å²) in [6.45, 7) is 1.29. The summed E-state index contributed by atoms with van der Waals surface area (Å²) in [5.41, 5.74) is 16.7. The summed E-state index contributed by atoms with van der Waals surface area (Å²) in [6, 6.07) is 15.4. The number of anilines is 1. The van der Waals surface area contributed by atoms with E-state index in [2.05, 4.69) is 19.5 Å². The van der Waals surface area contributed by atoms with Crippen molar-refractivity contribution in [3.8, 4) is 0 Å². The van der Waals surface area contributed by atoms with Crippen LogP contribution in [0.4, 0.5) is 5.82 Å². The molecule has 0 saturated heterocycles. The number of aryl methyl sites for hydroxylation is 2. The fourth-order valence-corrected chi connectivity index (χ4v) is 4.50. The lowest BCUT2D eigenvalue weighted by Crippen LogP contribution is -2.17. The van der Waals surface area contributed by atoms with Gasteiger partial charge in [-0.25, -0.2) is 19.9 Å². The molecule has 0 fully saturated rings. The average Bonchev–Trinajstić information content (AvgIpc) is 3.24. The van der Waals surface area contributed by atoms with Crippen LogP contribution in [0.2, 0.25) is 0 Å². The molecule has 0 atom stereocenters. The van der Waals surface area contributed by atoms with E-state index in [-0.39, 0.29) is 5.69 Å². The van der Waals surface area contributed by atoms with Gasteiger partial charge in [0.05, 0.1) is 34.4 Å². The Kier molecular flexibility index (Phi) is 6.24. The Bertz CT molecular complexity index is 1540. The van der Waals surface area contributed by atoms with E-state index in [0.717, 1.165) is 47.1 Å². The number of para-hydroxylation sites is 3. The molecule has 0 saturated carbocycles. The Labute approximate surface area is 202 Å². The molecule has 0 aliphatic rings. The molecule has 0 aliphatic carbocycles. The Morgan fingerprint density at radius 3 is 2.37 bits per heavy atom. The first kappa shape index (κ1) is 22.7. The maximum Gasteiger partial charge on any atom is 0.269 e. The van der Waals surface area contributed by atoms with E-state index in [0.29, 0.717) is 42.0 Å². The highest BCUT2D eigenvalue weighted by Gasteiger charge is 2.18. The van der Waals surface area contributed by atoms with Gasteiger partial charge >= 0.3 is 0 Å². The molecule has 35 heavy (non-hydrogen) atoms. The zero-order valence-corrected chi connectivity index (χ0v) is 19.6. The van der Waals surface area contributed by atoms with Gasteiger partial charge in [0.2, 0.25) is 0 Å². The number of aromatic nitrogens is 5. The van der Waals surface area contributed by atoms with Gasteiger partial charge in [-0.05, 0) is 37.5 Å². The first-order valence-electron chi connectivity index (χ1n) is 11.6. The fourth-order valence-electron chi connectivity index (χ4n) is 4.50. The van der Waals surface area contributed by atoms with Crippen molar-refractivity contribution in [1.82, 2.24) is 24.5 Å². The van der Waals surface area contributed by atoms with Crippen molar-refractivity contribution >= 4 is 44.7 Å². The van der Waals surface area contributed by atoms with E-state index < -0.39 is 5.91 Å². The molecular formula is C26H27N7O2. The number of nitrogen functional groups attached to an aromatic ring is 1. The lowest BCUT2D eigenvalue weighted by Gasteiger charge is -2.11. The number of nitrogens with two attached hydrogens (primary N) is 2. The maximum absolute atomic E-state index is 12.0. The SMILES string of the molecule is COCCc1nc2c(N)nc3ccccc3c2n1CCCCc1nc2ccccc2nc1C(N)=O. The molecule has 0 aliphatic heterocycles. The minimum absolute atomic E-state index is 0.238. The van der Waals surface area contributed by atoms with E-state index in [1.165, 1.54) is 0 Å². The second-order valence-corrected chi connectivity index (χ2v) is 8.46. The number of ether oxygens (including phenoxy) is 1. The average molecular weight is 470 g/mol. The molecule has 2 aromatic carbocycles. The monoisotopic (exact) mass is 469 g/mol. The number of hydrogen-bond donors (Lipinski definition) is 2. The molecule has 5 rings (SSSR count). The Hall–Kier alpha value is -4.11. The van der Waals surface area contributed by atoms with Crippen molar-refractivity contribution in [1.29, 1.82) is 0 Å². The molecule has 4 N–H and O–H groups in total. The summed E-state index contributed by atoms with van der Waals surface area (Å²) in [5, 5.41) is 1.02. The zero-order chi connectivity index (χ0) is 24.4. The van der Waals surface area contributed by atoms with Crippen LogP contribution >= 0.6 is 0 Å². The number of pyridine rings is 1. The van der Waals surface area contributed by atoms with Gasteiger partial charge in [-0.3, -0.25) is 4.79 Å². The van der Waals surface area contributed by atoms with Crippen molar-refractivity contribution in [2.75, 3.05) is 19.5 Å². The summed E-state index contributed by atoms with van der Waals surface area (Å²) in [5.74, 6) is 0.777. The van der Waals surface area contributed by atoms with E-state index >= 15 is 0 Å². The molecule has 0 unspecified atom stereocenters. The largest absolute Gasteiger partial charge is 0.384 e. The van der Waals surface area contributed by atoms with Crippen LogP contribution in [0.3, 0.4) is 0 Å². The molecule has 178 valence electrons. The third kappa shape index (κ3) is 4.38. The number of primary amides is 1. The lowest BCUT2D eigenvalue weighted by molar-refractivity contribution is 0.0994. The topological polar surface area (TPSA) is 135 Å². The predicted molar refractivity (Wildman–Crippen MR) is 136 cm³/mol. The highest BCUT2D eigenvalue weighted by atomic mass is 16.5. The van der Waals surface area contributed by atoms with Crippen molar-refractivity contribution < 1.29 is 9.53 Å². The number of hydrogen-bond acceptors (Lipinski definition) is 7. The summed E-state index contributed by atoms with van der Waals surface area (Å²) < 4.78 is 7.53. The molecule has 9 nitrogen and oxygen atoms in total. The van der Waals surface area contributed by atoms with E-state index in [9.17, 15) is 4.79 Å². The number of benzene rings is 2. The number of rotatable bonds is 9. The molecule has 0 spiro atoms. The second-order valence-electron chi connectivity index (χ2n) is 8.46. The lowest BCUT2D eigenvalue weighted by atomic mass is 10.1. The third-order valence-electron chi connectivity index (χ3n) is 6.14.